The zero-order valence-corrected chi connectivity index (χ0v) is 16.5. The first kappa shape index (κ1) is 19.9. The van der Waals surface area contributed by atoms with Crippen molar-refractivity contribution in [2.75, 3.05) is 12.5 Å². The molecule has 0 bridgehead atoms. The van der Waals surface area contributed by atoms with Gasteiger partial charge < -0.3 is 20.2 Å². The normalized spacial score (nSPS) is 13.9. The van der Waals surface area contributed by atoms with E-state index in [1.807, 2.05) is 7.05 Å². The number of aromatic amines is 1. The highest BCUT2D eigenvalue weighted by molar-refractivity contribution is 5.94. The molecule has 1 amide bonds. The van der Waals surface area contributed by atoms with Gasteiger partial charge in [-0.2, -0.15) is 13.2 Å². The van der Waals surface area contributed by atoms with Crippen LogP contribution in [0.5, 0.6) is 0 Å². The number of carbonyl (C=O) groups excluding carboxylic acids is 1. The van der Waals surface area contributed by atoms with E-state index in [1.165, 1.54) is 12.4 Å². The van der Waals surface area contributed by atoms with E-state index in [2.05, 4.69) is 35.8 Å². The number of imidazole rings is 1. The molecule has 3 N–H and O–H groups in total. The fraction of sp³-hybridized carbons (Fsp3) is 0.211. The van der Waals surface area contributed by atoms with Gasteiger partial charge in [0.1, 0.15) is 23.5 Å². The first-order valence-electron chi connectivity index (χ1n) is 9.41. The predicted molar refractivity (Wildman–Crippen MR) is 105 cm³/mol. The molecule has 13 heteroatoms. The Morgan fingerprint density at radius 2 is 2.12 bits per heavy atom. The number of rotatable bonds is 4. The molecule has 0 unspecified atom stereocenters. The van der Waals surface area contributed by atoms with Crippen molar-refractivity contribution in [3.63, 3.8) is 0 Å². The third kappa shape index (κ3) is 3.62. The van der Waals surface area contributed by atoms with E-state index in [0.717, 1.165) is 12.1 Å². The number of alkyl halides is 3. The summed E-state index contributed by atoms with van der Waals surface area (Å²) >= 11 is 0. The van der Waals surface area contributed by atoms with Crippen LogP contribution in [-0.4, -0.2) is 43.1 Å². The second kappa shape index (κ2) is 7.30. The van der Waals surface area contributed by atoms with Crippen LogP contribution in [0.2, 0.25) is 0 Å². The van der Waals surface area contributed by atoms with Crippen molar-refractivity contribution in [1.29, 1.82) is 0 Å². The molecule has 0 aliphatic carbocycles. The van der Waals surface area contributed by atoms with E-state index in [-0.39, 0.29) is 29.3 Å². The molecular formula is C19H15F3N8O2. The van der Waals surface area contributed by atoms with Gasteiger partial charge in [0.25, 0.3) is 5.91 Å². The molecule has 4 aromatic rings. The molecule has 1 aliphatic heterocycles. The van der Waals surface area contributed by atoms with Gasteiger partial charge in [-0.15, -0.1) is 0 Å². The molecule has 0 fully saturated rings. The summed E-state index contributed by atoms with van der Waals surface area (Å²) in [7, 11) is 1.82. The van der Waals surface area contributed by atoms with Gasteiger partial charge in [-0.3, -0.25) is 4.79 Å². The Hall–Kier alpha value is -4.00. The van der Waals surface area contributed by atoms with Gasteiger partial charge in [-0.05, 0) is 18.2 Å². The molecule has 5 rings (SSSR count). The number of anilines is 1. The molecule has 1 aromatic carbocycles. The number of nitrogens with one attached hydrogen (secondary N) is 3. The topological polar surface area (TPSA) is 125 Å². The summed E-state index contributed by atoms with van der Waals surface area (Å²) in [5.74, 6) is 0.642. The Balaban J connectivity index is 1.31. The molecular weight excluding hydrogens is 429 g/mol. The molecule has 0 saturated carbocycles. The minimum atomic E-state index is -4.45. The van der Waals surface area contributed by atoms with Gasteiger partial charge in [-0.1, -0.05) is 5.16 Å². The maximum atomic E-state index is 12.9. The van der Waals surface area contributed by atoms with Crippen LogP contribution in [0.15, 0.2) is 35.1 Å². The maximum absolute atomic E-state index is 12.9. The van der Waals surface area contributed by atoms with E-state index in [9.17, 15) is 18.0 Å². The second-order valence-corrected chi connectivity index (χ2v) is 7.20. The van der Waals surface area contributed by atoms with Crippen LogP contribution >= 0.6 is 0 Å². The van der Waals surface area contributed by atoms with E-state index in [1.54, 1.807) is 11.1 Å². The number of benzene rings is 1. The number of fused-ring (bicyclic) bond motifs is 2. The number of halogens is 3. The van der Waals surface area contributed by atoms with E-state index in [0.29, 0.717) is 29.1 Å². The van der Waals surface area contributed by atoms with Gasteiger partial charge >= 0.3 is 6.18 Å². The van der Waals surface area contributed by atoms with Crippen LogP contribution in [0.3, 0.4) is 0 Å². The number of H-pyrrole nitrogens is 1. The number of amides is 1. The largest absolute Gasteiger partial charge is 0.416 e. The Labute approximate surface area is 177 Å². The number of hydrogen-bond acceptors (Lipinski definition) is 8. The van der Waals surface area contributed by atoms with E-state index in [4.69, 9.17) is 4.52 Å². The zero-order chi connectivity index (χ0) is 22.5. The summed E-state index contributed by atoms with van der Waals surface area (Å²) in [6.45, 7) is 0.540. The molecule has 164 valence electrons. The Kier molecular flexibility index (Phi) is 4.55. The summed E-state index contributed by atoms with van der Waals surface area (Å²) in [6.07, 6.45) is -3.15. The summed E-state index contributed by atoms with van der Waals surface area (Å²) in [6, 6.07) is 4.77. The molecule has 3 aromatic heterocycles. The van der Waals surface area contributed by atoms with Crippen LogP contribution in [0, 0.1) is 0 Å². The third-order valence-corrected chi connectivity index (χ3v) is 4.88. The van der Waals surface area contributed by atoms with Gasteiger partial charge in [0.2, 0.25) is 5.76 Å². The monoisotopic (exact) mass is 444 g/mol. The number of hydrogen-bond donors (Lipinski definition) is 3. The molecule has 0 atom stereocenters. The predicted octanol–water partition coefficient (Wildman–Crippen LogP) is 2.73. The highest BCUT2D eigenvalue weighted by Gasteiger charge is 2.31. The minimum Gasteiger partial charge on any atom is -0.353 e. The fourth-order valence-corrected chi connectivity index (χ4v) is 3.38. The highest BCUT2D eigenvalue weighted by Crippen LogP contribution is 2.32. The minimum absolute atomic E-state index is 0.0584. The lowest BCUT2D eigenvalue weighted by Gasteiger charge is -2.05. The number of carbonyl (C=O) groups is 1. The zero-order valence-electron chi connectivity index (χ0n) is 16.5. The Bertz CT molecular complexity index is 1330. The first-order valence-corrected chi connectivity index (χ1v) is 9.41. The molecule has 32 heavy (non-hydrogen) atoms. The average molecular weight is 444 g/mol. The van der Waals surface area contributed by atoms with Crippen molar-refractivity contribution in [3.05, 3.63) is 53.1 Å². The quantitative estimate of drug-likeness (QED) is 0.439. The van der Waals surface area contributed by atoms with E-state index >= 15 is 0 Å². The SMILES string of the molecule is CN1Cc2c(ncnc2C(=O)NCc2cc(-c3nc4ccc(C(F)(F)F)cc4[nH]3)on2)N1. The van der Waals surface area contributed by atoms with Gasteiger partial charge in [0.15, 0.2) is 5.82 Å². The van der Waals surface area contributed by atoms with Crippen molar-refractivity contribution >= 4 is 22.8 Å². The molecule has 0 radical (unpaired) electrons. The second-order valence-electron chi connectivity index (χ2n) is 7.20. The lowest BCUT2D eigenvalue weighted by molar-refractivity contribution is -0.137. The van der Waals surface area contributed by atoms with Gasteiger partial charge in [-0.25, -0.2) is 20.0 Å². The molecule has 0 spiro atoms. The summed E-state index contributed by atoms with van der Waals surface area (Å²) in [5.41, 5.74) is 4.16. The standard InChI is InChI=1S/C19H15F3N8O2/c1-30-7-11-15(24-8-25-16(11)28-30)18(31)23-6-10-5-14(32-29-10)17-26-12-3-2-9(19(20,21)22)4-13(12)27-17/h2-5,8H,6-7H2,1H3,(H,23,31)(H,26,27)(H,24,25,28). The van der Waals surface area contributed by atoms with Crippen molar-refractivity contribution in [2.24, 2.45) is 0 Å². The summed E-state index contributed by atoms with van der Waals surface area (Å²) < 4.78 is 44.0. The smallest absolute Gasteiger partial charge is 0.353 e. The molecule has 0 saturated heterocycles. The molecule has 10 nitrogen and oxygen atoms in total. The average Bonchev–Trinajstić information content (AvgIpc) is 3.46. The van der Waals surface area contributed by atoms with Crippen LogP contribution in [0.1, 0.15) is 27.3 Å². The maximum Gasteiger partial charge on any atom is 0.416 e. The fourth-order valence-electron chi connectivity index (χ4n) is 3.38. The summed E-state index contributed by atoms with van der Waals surface area (Å²) in [5, 5.41) is 8.39. The van der Waals surface area contributed by atoms with Crippen LogP contribution in [0.25, 0.3) is 22.6 Å². The van der Waals surface area contributed by atoms with Crippen molar-refractivity contribution in [1.82, 2.24) is 35.4 Å². The third-order valence-electron chi connectivity index (χ3n) is 4.88. The first-order chi connectivity index (χ1) is 15.3. The van der Waals surface area contributed by atoms with Crippen LogP contribution in [0.4, 0.5) is 19.0 Å². The molecule has 4 heterocycles. The Morgan fingerprint density at radius 1 is 1.28 bits per heavy atom. The summed E-state index contributed by atoms with van der Waals surface area (Å²) in [4.78, 5) is 27.8. The number of aromatic nitrogens is 5. The van der Waals surface area contributed by atoms with Crippen LogP contribution < -0.4 is 10.7 Å². The van der Waals surface area contributed by atoms with Crippen molar-refractivity contribution in [2.45, 2.75) is 19.3 Å². The van der Waals surface area contributed by atoms with Gasteiger partial charge in [0, 0.05) is 25.2 Å². The lowest BCUT2D eigenvalue weighted by atomic mass is 10.2. The highest BCUT2D eigenvalue weighted by atomic mass is 19.4. The Morgan fingerprint density at radius 3 is 2.94 bits per heavy atom. The van der Waals surface area contributed by atoms with Crippen LogP contribution in [-0.2, 0) is 19.3 Å². The van der Waals surface area contributed by atoms with Crippen molar-refractivity contribution in [3.8, 4) is 11.6 Å². The lowest BCUT2D eigenvalue weighted by Crippen LogP contribution is -2.25. The van der Waals surface area contributed by atoms with Crippen molar-refractivity contribution < 1.29 is 22.5 Å². The number of hydrazine groups is 1. The number of nitrogens with zero attached hydrogens (tertiary/aromatic N) is 5. The molecule has 1 aliphatic rings. The van der Waals surface area contributed by atoms with Gasteiger partial charge in [0.05, 0.1) is 23.1 Å². The van der Waals surface area contributed by atoms with E-state index < -0.39 is 17.6 Å².